The van der Waals surface area contributed by atoms with Gasteiger partial charge in [0.15, 0.2) is 0 Å². The molecule has 0 aliphatic heterocycles. The molecule has 0 spiro atoms. The molecule has 216 valence electrons. The molecular formula is C43H29N3. The first kappa shape index (κ1) is 26.2. The summed E-state index contributed by atoms with van der Waals surface area (Å²) in [6, 6.07) is 60.7. The van der Waals surface area contributed by atoms with Crippen LogP contribution in [0.5, 0.6) is 0 Å². The van der Waals surface area contributed by atoms with E-state index in [4.69, 9.17) is 4.98 Å². The highest BCUT2D eigenvalue weighted by Gasteiger charge is 2.20. The summed E-state index contributed by atoms with van der Waals surface area (Å²) < 4.78 is 2.36. The van der Waals surface area contributed by atoms with Crippen molar-refractivity contribution >= 4 is 60.5 Å². The smallest absolute Gasteiger partial charge is 0.0801 e. The molecule has 0 N–H and O–H groups in total. The minimum Gasteiger partial charge on any atom is -0.310 e. The molecule has 0 atom stereocenters. The Bertz CT molecular complexity index is 2510. The summed E-state index contributed by atoms with van der Waals surface area (Å²) in [6.45, 7) is 0. The maximum Gasteiger partial charge on any atom is 0.0801 e. The van der Waals surface area contributed by atoms with Crippen LogP contribution in [0.1, 0.15) is 0 Å². The number of fused-ring (bicyclic) bond motifs is 6. The van der Waals surface area contributed by atoms with Gasteiger partial charge < -0.3 is 9.47 Å². The number of para-hydroxylation sites is 2. The van der Waals surface area contributed by atoms with Crippen LogP contribution in [0.15, 0.2) is 176 Å². The molecule has 0 amide bonds. The number of hydrogen-bond acceptors (Lipinski definition) is 2. The van der Waals surface area contributed by atoms with Crippen LogP contribution < -0.4 is 4.90 Å². The highest BCUT2D eigenvalue weighted by molar-refractivity contribution is 6.15. The zero-order valence-electron chi connectivity index (χ0n) is 25.1. The quantitative estimate of drug-likeness (QED) is 0.187. The number of nitrogens with zero attached hydrogens (tertiary/aromatic N) is 3. The minimum atomic E-state index is 1.00. The van der Waals surface area contributed by atoms with E-state index in [1.807, 2.05) is 12.3 Å². The Morgan fingerprint density at radius 3 is 1.98 bits per heavy atom. The van der Waals surface area contributed by atoms with Crippen LogP contribution in [-0.2, 0) is 0 Å². The van der Waals surface area contributed by atoms with Crippen molar-refractivity contribution in [1.29, 1.82) is 0 Å². The van der Waals surface area contributed by atoms with Gasteiger partial charge in [0.2, 0.25) is 0 Å². The molecule has 3 heteroatoms. The molecule has 2 aromatic heterocycles. The fourth-order valence-corrected chi connectivity index (χ4v) is 6.90. The van der Waals surface area contributed by atoms with Crippen molar-refractivity contribution < 1.29 is 0 Å². The molecule has 46 heavy (non-hydrogen) atoms. The van der Waals surface area contributed by atoms with E-state index in [0.29, 0.717) is 0 Å². The van der Waals surface area contributed by atoms with Crippen molar-refractivity contribution in [1.82, 2.24) is 9.55 Å². The van der Waals surface area contributed by atoms with Gasteiger partial charge in [0.25, 0.3) is 0 Å². The van der Waals surface area contributed by atoms with Gasteiger partial charge in [-0.1, -0.05) is 109 Å². The number of benzene rings is 7. The fourth-order valence-electron chi connectivity index (χ4n) is 6.90. The van der Waals surface area contributed by atoms with Crippen molar-refractivity contribution in [2.24, 2.45) is 0 Å². The normalized spacial score (nSPS) is 11.5. The zero-order valence-corrected chi connectivity index (χ0v) is 25.1. The van der Waals surface area contributed by atoms with Gasteiger partial charge in [-0.25, -0.2) is 0 Å². The Hall–Kier alpha value is -6.19. The number of anilines is 3. The summed E-state index contributed by atoms with van der Waals surface area (Å²) >= 11 is 0. The molecular weight excluding hydrogens is 558 g/mol. The van der Waals surface area contributed by atoms with E-state index in [2.05, 4.69) is 173 Å². The van der Waals surface area contributed by atoms with Gasteiger partial charge in [-0.05, 0) is 77.2 Å². The summed E-state index contributed by atoms with van der Waals surface area (Å²) in [4.78, 5) is 7.28. The number of rotatable bonds is 5. The monoisotopic (exact) mass is 587 g/mol. The summed E-state index contributed by atoms with van der Waals surface area (Å²) in [5.41, 5.74) is 10.2. The van der Waals surface area contributed by atoms with Crippen LogP contribution in [0.2, 0.25) is 0 Å². The van der Waals surface area contributed by atoms with E-state index >= 15 is 0 Å². The minimum absolute atomic E-state index is 1.00. The average molecular weight is 588 g/mol. The number of pyridine rings is 1. The van der Waals surface area contributed by atoms with Gasteiger partial charge in [-0.15, -0.1) is 0 Å². The lowest BCUT2D eigenvalue weighted by Gasteiger charge is -2.27. The van der Waals surface area contributed by atoms with Crippen LogP contribution in [0.25, 0.3) is 60.3 Å². The molecule has 2 heterocycles. The number of aromatic nitrogens is 2. The van der Waals surface area contributed by atoms with Crippen molar-refractivity contribution in [2.45, 2.75) is 0 Å². The average Bonchev–Trinajstić information content (AvgIpc) is 3.46. The molecule has 0 aliphatic rings. The summed E-state index contributed by atoms with van der Waals surface area (Å²) in [7, 11) is 0. The van der Waals surface area contributed by atoms with Gasteiger partial charge in [-0.3, -0.25) is 4.98 Å². The van der Waals surface area contributed by atoms with Crippen LogP contribution in [-0.4, -0.2) is 9.55 Å². The van der Waals surface area contributed by atoms with Crippen LogP contribution >= 0.6 is 0 Å². The predicted octanol–water partition coefficient (Wildman–Crippen LogP) is 11.6. The van der Waals surface area contributed by atoms with Gasteiger partial charge in [0, 0.05) is 44.8 Å². The molecule has 7 aromatic carbocycles. The molecule has 0 unspecified atom stereocenters. The third-order valence-corrected chi connectivity index (χ3v) is 9.00. The molecule has 0 aliphatic carbocycles. The summed E-state index contributed by atoms with van der Waals surface area (Å²) in [6.07, 6.45) is 1.89. The van der Waals surface area contributed by atoms with Gasteiger partial charge >= 0.3 is 0 Å². The van der Waals surface area contributed by atoms with E-state index in [1.54, 1.807) is 0 Å². The molecule has 0 fully saturated rings. The summed E-state index contributed by atoms with van der Waals surface area (Å²) in [5, 5.41) is 5.87. The van der Waals surface area contributed by atoms with Crippen molar-refractivity contribution in [2.75, 3.05) is 4.90 Å². The van der Waals surface area contributed by atoms with Crippen LogP contribution in [0.4, 0.5) is 17.1 Å². The van der Waals surface area contributed by atoms with Gasteiger partial charge in [0.1, 0.15) is 0 Å². The molecule has 0 saturated carbocycles. The Balaban J connectivity index is 1.31. The fraction of sp³-hybridized carbons (Fsp3) is 0. The first-order chi connectivity index (χ1) is 22.8. The van der Waals surface area contributed by atoms with Crippen molar-refractivity contribution in [3.8, 4) is 16.8 Å². The molecule has 0 saturated heterocycles. The summed E-state index contributed by atoms with van der Waals surface area (Å²) in [5.74, 6) is 0. The second-order valence-electron chi connectivity index (χ2n) is 11.7. The Kier molecular flexibility index (Phi) is 6.14. The van der Waals surface area contributed by atoms with Crippen molar-refractivity contribution in [3.63, 3.8) is 0 Å². The lowest BCUT2D eigenvalue weighted by molar-refractivity contribution is 1.18. The third kappa shape index (κ3) is 4.25. The third-order valence-electron chi connectivity index (χ3n) is 9.00. The topological polar surface area (TPSA) is 21.1 Å². The van der Waals surface area contributed by atoms with Crippen LogP contribution in [0, 0.1) is 0 Å². The van der Waals surface area contributed by atoms with Crippen molar-refractivity contribution in [3.05, 3.63) is 176 Å². The maximum atomic E-state index is 4.89. The molecule has 9 rings (SSSR count). The Morgan fingerprint density at radius 2 is 1.13 bits per heavy atom. The molecule has 0 radical (unpaired) electrons. The molecule has 0 bridgehead atoms. The largest absolute Gasteiger partial charge is 0.310 e. The van der Waals surface area contributed by atoms with Crippen LogP contribution in [0.3, 0.4) is 0 Å². The SMILES string of the molecule is c1ccc(-c2ccc(N(c3ccc4c(c3)c3ccccc3n4-c3ccccc3)c3cccc4ccc5cccnc5c34)cc2)cc1. The van der Waals surface area contributed by atoms with E-state index in [-0.39, 0.29) is 0 Å². The van der Waals surface area contributed by atoms with Gasteiger partial charge in [0.05, 0.1) is 22.2 Å². The van der Waals surface area contributed by atoms with Gasteiger partial charge in [-0.2, -0.15) is 0 Å². The second-order valence-corrected chi connectivity index (χ2v) is 11.7. The maximum absolute atomic E-state index is 4.89. The lowest BCUT2D eigenvalue weighted by atomic mass is 10.0. The van der Waals surface area contributed by atoms with E-state index in [1.165, 1.54) is 32.9 Å². The number of hydrogen-bond donors (Lipinski definition) is 0. The zero-order chi connectivity index (χ0) is 30.5. The van der Waals surface area contributed by atoms with E-state index in [0.717, 1.165) is 44.4 Å². The Morgan fingerprint density at radius 1 is 0.457 bits per heavy atom. The second kappa shape index (κ2) is 10.8. The predicted molar refractivity (Wildman–Crippen MR) is 194 cm³/mol. The first-order valence-electron chi connectivity index (χ1n) is 15.6. The highest BCUT2D eigenvalue weighted by atomic mass is 15.1. The van der Waals surface area contributed by atoms with E-state index < -0.39 is 0 Å². The van der Waals surface area contributed by atoms with E-state index in [9.17, 15) is 0 Å². The first-order valence-corrected chi connectivity index (χ1v) is 15.6. The molecule has 3 nitrogen and oxygen atoms in total. The highest BCUT2D eigenvalue weighted by Crippen LogP contribution is 2.43. The standard InChI is InChI=1S/C43H29N3/c1-3-11-30(12-4-1)31-22-24-35(25-23-31)45(41-19-9-13-32-20-21-33-14-10-28-44-43(33)42(32)41)36-26-27-40-38(29-36)37-17-7-8-18-39(37)46(40)34-15-5-2-6-16-34/h1-29H. The lowest BCUT2D eigenvalue weighted by Crippen LogP contribution is -2.10. The Labute approximate surface area is 267 Å². The molecule has 9 aromatic rings.